The van der Waals surface area contributed by atoms with E-state index in [4.69, 9.17) is 4.74 Å². The van der Waals surface area contributed by atoms with E-state index in [9.17, 15) is 9.59 Å². The highest BCUT2D eigenvalue weighted by molar-refractivity contribution is 5.95. The van der Waals surface area contributed by atoms with Crippen LogP contribution in [0.2, 0.25) is 0 Å². The van der Waals surface area contributed by atoms with E-state index in [-0.39, 0.29) is 24.5 Å². The van der Waals surface area contributed by atoms with Crippen LogP contribution in [0.15, 0.2) is 12.3 Å². The van der Waals surface area contributed by atoms with Gasteiger partial charge in [-0.3, -0.25) is 9.59 Å². The molecule has 3 heterocycles. The summed E-state index contributed by atoms with van der Waals surface area (Å²) >= 11 is 0. The second-order valence-corrected chi connectivity index (χ2v) is 8.65. The third kappa shape index (κ3) is 4.94. The summed E-state index contributed by atoms with van der Waals surface area (Å²) < 4.78 is 5.65. The summed E-state index contributed by atoms with van der Waals surface area (Å²) in [5.41, 5.74) is 1.51. The Morgan fingerprint density at radius 2 is 1.96 bits per heavy atom. The number of rotatable bonds is 7. The van der Waals surface area contributed by atoms with Gasteiger partial charge >= 0.3 is 0 Å². The Labute approximate surface area is 166 Å². The summed E-state index contributed by atoms with van der Waals surface area (Å²) in [6.45, 7) is 7.39. The molecule has 3 fully saturated rings. The number of morpholine rings is 1. The fourth-order valence-corrected chi connectivity index (χ4v) is 4.31. The van der Waals surface area contributed by atoms with E-state index in [1.54, 1.807) is 12.3 Å². The lowest BCUT2D eigenvalue weighted by Gasteiger charge is -2.38. The van der Waals surface area contributed by atoms with Gasteiger partial charge in [-0.25, -0.2) is 0 Å². The molecule has 28 heavy (non-hydrogen) atoms. The number of carbonyl (C=O) groups is 2. The number of carbonyl (C=O) groups excluding carboxylic acids is 2. The van der Waals surface area contributed by atoms with Crippen LogP contribution in [0.1, 0.15) is 41.7 Å². The standard InChI is InChI=1S/C21H32N4O3/c1-15-19(4-7-22-15)21(27)23-10-18-13-25(20(26)14-28-18)12-17-5-8-24(9-6-17)11-16-2-3-16/h4,7,16-18,22H,2-3,5-6,8-14H2,1H3,(H,23,27)/t18-/m1/s1. The molecule has 154 valence electrons. The van der Waals surface area contributed by atoms with Gasteiger partial charge in [0.05, 0.1) is 11.7 Å². The van der Waals surface area contributed by atoms with Crippen LogP contribution in [-0.4, -0.2) is 78.6 Å². The summed E-state index contributed by atoms with van der Waals surface area (Å²) in [6, 6.07) is 1.78. The average Bonchev–Trinajstić information content (AvgIpc) is 3.41. The maximum atomic E-state index is 12.3. The number of aryl methyl sites for hydroxylation is 1. The summed E-state index contributed by atoms with van der Waals surface area (Å²) in [4.78, 5) is 32.1. The number of nitrogens with one attached hydrogen (secondary N) is 2. The third-order valence-electron chi connectivity index (χ3n) is 6.31. The zero-order chi connectivity index (χ0) is 19.5. The first-order valence-electron chi connectivity index (χ1n) is 10.6. The van der Waals surface area contributed by atoms with E-state index in [0.717, 1.165) is 31.2 Å². The van der Waals surface area contributed by atoms with Gasteiger partial charge in [0.15, 0.2) is 0 Å². The molecule has 1 atom stereocenters. The lowest BCUT2D eigenvalue weighted by atomic mass is 9.95. The maximum Gasteiger partial charge on any atom is 0.253 e. The van der Waals surface area contributed by atoms with Crippen LogP contribution in [0.25, 0.3) is 0 Å². The number of piperidine rings is 1. The number of aromatic nitrogens is 1. The second kappa shape index (κ2) is 8.66. The molecule has 0 aromatic carbocycles. The molecule has 4 rings (SSSR count). The number of amides is 2. The molecule has 2 aliphatic heterocycles. The molecule has 2 saturated heterocycles. The quantitative estimate of drug-likeness (QED) is 0.740. The molecule has 1 aromatic heterocycles. The van der Waals surface area contributed by atoms with Crippen LogP contribution < -0.4 is 5.32 Å². The van der Waals surface area contributed by atoms with Crippen LogP contribution in [-0.2, 0) is 9.53 Å². The fourth-order valence-electron chi connectivity index (χ4n) is 4.31. The molecule has 1 saturated carbocycles. The number of nitrogens with zero attached hydrogens (tertiary/aromatic N) is 2. The van der Waals surface area contributed by atoms with Gasteiger partial charge in [0.25, 0.3) is 5.91 Å². The molecule has 3 aliphatic rings. The van der Waals surface area contributed by atoms with Gasteiger partial charge in [0, 0.05) is 38.1 Å². The van der Waals surface area contributed by atoms with Crippen molar-refractivity contribution in [1.82, 2.24) is 20.1 Å². The average molecular weight is 389 g/mol. The minimum Gasteiger partial charge on any atom is -0.365 e. The monoisotopic (exact) mass is 388 g/mol. The molecule has 2 amide bonds. The highest BCUT2D eigenvalue weighted by Crippen LogP contribution is 2.31. The van der Waals surface area contributed by atoms with Gasteiger partial charge in [0.2, 0.25) is 5.91 Å². The molecule has 0 radical (unpaired) electrons. The predicted octanol–water partition coefficient (Wildman–Crippen LogP) is 1.40. The van der Waals surface area contributed by atoms with E-state index in [0.29, 0.717) is 24.6 Å². The van der Waals surface area contributed by atoms with Crippen molar-refractivity contribution < 1.29 is 14.3 Å². The van der Waals surface area contributed by atoms with Crippen LogP contribution in [0.5, 0.6) is 0 Å². The number of hydrogen-bond donors (Lipinski definition) is 2. The summed E-state index contributed by atoms with van der Waals surface area (Å²) in [5, 5.41) is 2.94. The van der Waals surface area contributed by atoms with Crippen molar-refractivity contribution in [3.63, 3.8) is 0 Å². The molecule has 0 spiro atoms. The molecule has 1 aromatic rings. The lowest BCUT2D eigenvalue weighted by Crippen LogP contribution is -2.52. The van der Waals surface area contributed by atoms with E-state index in [1.165, 1.54) is 32.2 Å². The van der Waals surface area contributed by atoms with Crippen molar-refractivity contribution in [2.24, 2.45) is 11.8 Å². The van der Waals surface area contributed by atoms with E-state index >= 15 is 0 Å². The first kappa shape index (κ1) is 19.5. The zero-order valence-corrected chi connectivity index (χ0v) is 16.8. The molecule has 1 aliphatic carbocycles. The van der Waals surface area contributed by atoms with Crippen LogP contribution in [0, 0.1) is 18.8 Å². The first-order chi connectivity index (χ1) is 13.6. The van der Waals surface area contributed by atoms with Crippen molar-refractivity contribution in [3.8, 4) is 0 Å². The van der Waals surface area contributed by atoms with Crippen molar-refractivity contribution in [2.75, 3.05) is 45.9 Å². The van der Waals surface area contributed by atoms with Crippen LogP contribution in [0.3, 0.4) is 0 Å². The van der Waals surface area contributed by atoms with Crippen molar-refractivity contribution >= 4 is 11.8 Å². The van der Waals surface area contributed by atoms with Gasteiger partial charge in [-0.2, -0.15) is 0 Å². The summed E-state index contributed by atoms with van der Waals surface area (Å²) in [6.07, 6.45) is 6.78. The van der Waals surface area contributed by atoms with Gasteiger partial charge < -0.3 is 24.8 Å². The van der Waals surface area contributed by atoms with Gasteiger partial charge in [-0.1, -0.05) is 0 Å². The van der Waals surface area contributed by atoms with Gasteiger partial charge in [0.1, 0.15) is 6.61 Å². The number of H-pyrrole nitrogens is 1. The van der Waals surface area contributed by atoms with Crippen molar-refractivity contribution in [3.05, 3.63) is 23.5 Å². The summed E-state index contributed by atoms with van der Waals surface area (Å²) in [7, 11) is 0. The largest absolute Gasteiger partial charge is 0.365 e. The number of hydrogen-bond acceptors (Lipinski definition) is 4. The topological polar surface area (TPSA) is 77.7 Å². The molecule has 7 nitrogen and oxygen atoms in total. The Morgan fingerprint density at radius 1 is 1.21 bits per heavy atom. The Balaban J connectivity index is 1.21. The minimum absolute atomic E-state index is 0.0736. The highest BCUT2D eigenvalue weighted by Gasteiger charge is 2.31. The maximum absolute atomic E-state index is 12.3. The lowest BCUT2D eigenvalue weighted by molar-refractivity contribution is -0.149. The van der Waals surface area contributed by atoms with E-state index < -0.39 is 0 Å². The molecular weight excluding hydrogens is 356 g/mol. The van der Waals surface area contributed by atoms with Gasteiger partial charge in [-0.05, 0) is 63.6 Å². The zero-order valence-electron chi connectivity index (χ0n) is 16.8. The molecule has 2 N–H and O–H groups in total. The second-order valence-electron chi connectivity index (χ2n) is 8.65. The molecular formula is C21H32N4O3. The van der Waals surface area contributed by atoms with Gasteiger partial charge in [-0.15, -0.1) is 0 Å². The Bertz CT molecular complexity index is 692. The highest BCUT2D eigenvalue weighted by atomic mass is 16.5. The minimum atomic E-state index is -0.143. The molecule has 0 bridgehead atoms. The normalized spacial score (nSPS) is 24.5. The van der Waals surface area contributed by atoms with E-state index in [1.807, 2.05) is 11.8 Å². The smallest absolute Gasteiger partial charge is 0.253 e. The Kier molecular flexibility index (Phi) is 6.01. The summed E-state index contributed by atoms with van der Waals surface area (Å²) in [5.74, 6) is 1.50. The Morgan fingerprint density at radius 3 is 2.64 bits per heavy atom. The molecule has 0 unspecified atom stereocenters. The first-order valence-corrected chi connectivity index (χ1v) is 10.6. The number of ether oxygens (including phenoxy) is 1. The SMILES string of the molecule is Cc1[nH]ccc1C(=O)NC[C@@H]1CN(CC2CCN(CC3CC3)CC2)C(=O)CO1. The van der Waals surface area contributed by atoms with Crippen LogP contribution in [0.4, 0.5) is 0 Å². The predicted molar refractivity (Wildman–Crippen MR) is 106 cm³/mol. The third-order valence-corrected chi connectivity index (χ3v) is 6.31. The number of aromatic amines is 1. The van der Waals surface area contributed by atoms with Crippen molar-refractivity contribution in [1.29, 1.82) is 0 Å². The number of likely N-dealkylation sites (tertiary alicyclic amines) is 1. The molecule has 7 heteroatoms. The Hall–Kier alpha value is -1.86. The fraction of sp³-hybridized carbons (Fsp3) is 0.714. The van der Waals surface area contributed by atoms with Crippen LogP contribution >= 0.6 is 0 Å². The van der Waals surface area contributed by atoms with E-state index in [2.05, 4.69) is 15.2 Å². The van der Waals surface area contributed by atoms with Crippen molar-refractivity contribution in [2.45, 2.75) is 38.7 Å².